The first-order valence-electron chi connectivity index (χ1n) is 5.61. The maximum absolute atomic E-state index is 13.5. The van der Waals surface area contributed by atoms with Crippen molar-refractivity contribution in [3.05, 3.63) is 33.1 Å². The first kappa shape index (κ1) is 16.3. The number of hydrogen-bond acceptors (Lipinski definition) is 4. The summed E-state index contributed by atoms with van der Waals surface area (Å²) in [7, 11) is 4.23. The molecule has 0 saturated carbocycles. The average Bonchev–Trinajstić information content (AvgIpc) is 2.39. The van der Waals surface area contributed by atoms with E-state index in [9.17, 15) is 9.18 Å². The van der Waals surface area contributed by atoms with E-state index < -0.39 is 5.79 Å². The van der Waals surface area contributed by atoms with Crippen molar-refractivity contribution in [2.75, 3.05) is 21.3 Å². The summed E-state index contributed by atoms with van der Waals surface area (Å²) in [6.45, 7) is 0. The first-order valence-corrected chi connectivity index (χ1v) is 6.69. The Labute approximate surface area is 125 Å². The second-order valence-electron chi connectivity index (χ2n) is 3.90. The van der Waals surface area contributed by atoms with Gasteiger partial charge in [0.25, 0.3) is 0 Å². The molecule has 1 aromatic rings. The van der Waals surface area contributed by atoms with Gasteiger partial charge in [-0.25, -0.2) is 4.39 Å². The van der Waals surface area contributed by atoms with Gasteiger partial charge in [0.1, 0.15) is 5.82 Å². The van der Waals surface area contributed by atoms with Crippen molar-refractivity contribution in [1.29, 1.82) is 0 Å². The number of hydrogen-bond donors (Lipinski definition) is 0. The molecule has 0 N–H and O–H groups in total. The van der Waals surface area contributed by atoms with E-state index in [1.165, 1.54) is 33.5 Å². The molecule has 0 aliphatic rings. The van der Waals surface area contributed by atoms with Crippen LogP contribution in [-0.4, -0.2) is 27.3 Å². The maximum atomic E-state index is 13.5. The number of halogens is 2. The predicted molar refractivity (Wildman–Crippen MR) is 76.1 cm³/mol. The minimum absolute atomic E-state index is 0.116. The zero-order valence-electron chi connectivity index (χ0n) is 11.0. The van der Waals surface area contributed by atoms with Crippen molar-refractivity contribution < 1.29 is 23.4 Å². The number of ether oxygens (including phenoxy) is 3. The van der Waals surface area contributed by atoms with Gasteiger partial charge in [0.05, 0.1) is 13.5 Å². The molecule has 0 aromatic heterocycles. The van der Waals surface area contributed by atoms with Gasteiger partial charge in [0, 0.05) is 29.8 Å². The summed E-state index contributed by atoms with van der Waals surface area (Å²) in [4.78, 5) is 11.2. The Morgan fingerprint density at radius 1 is 1.26 bits per heavy atom. The van der Waals surface area contributed by atoms with Crippen LogP contribution in [0.3, 0.4) is 0 Å². The molecule has 0 atom stereocenters. The second kappa shape index (κ2) is 7.16. The molecule has 0 amide bonds. The lowest BCUT2D eigenvalue weighted by molar-refractivity contribution is -0.222. The Morgan fingerprint density at radius 2 is 1.89 bits per heavy atom. The topological polar surface area (TPSA) is 44.8 Å². The van der Waals surface area contributed by atoms with Gasteiger partial charge in [-0.15, -0.1) is 0 Å². The van der Waals surface area contributed by atoms with E-state index in [1.54, 1.807) is 6.07 Å². The molecule has 0 fully saturated rings. The Hall–Kier alpha value is -0.730. The normalized spacial score (nSPS) is 11.4. The number of carbonyl (C=O) groups is 1. The average molecular weight is 382 g/mol. The Morgan fingerprint density at radius 3 is 2.37 bits per heavy atom. The standard InChI is InChI=1S/C13H16FIO4/c1-17-12(16)4-5-13(18-2,19-3)9-6-10(14)8-11(15)7-9/h6-8H,4-5H2,1-3H3. The van der Waals surface area contributed by atoms with Crippen LogP contribution in [0.25, 0.3) is 0 Å². The third-order valence-corrected chi connectivity index (χ3v) is 3.47. The van der Waals surface area contributed by atoms with Crippen LogP contribution in [0.4, 0.5) is 4.39 Å². The lowest BCUT2D eigenvalue weighted by Crippen LogP contribution is -2.32. The molecule has 0 radical (unpaired) electrons. The predicted octanol–water partition coefficient (Wildman–Crippen LogP) is 2.83. The lowest BCUT2D eigenvalue weighted by atomic mass is 10.00. The molecule has 1 rings (SSSR count). The molecule has 0 spiro atoms. The molecule has 0 aliphatic carbocycles. The van der Waals surface area contributed by atoms with Gasteiger partial charge in [-0.3, -0.25) is 4.79 Å². The zero-order valence-corrected chi connectivity index (χ0v) is 13.2. The Bertz CT molecular complexity index is 426. The van der Waals surface area contributed by atoms with Crippen LogP contribution >= 0.6 is 22.6 Å². The summed E-state index contributed by atoms with van der Waals surface area (Å²) in [5, 5.41) is 0. The Kier molecular flexibility index (Phi) is 6.15. The highest BCUT2D eigenvalue weighted by Crippen LogP contribution is 2.32. The smallest absolute Gasteiger partial charge is 0.305 e. The fraction of sp³-hybridized carbons (Fsp3) is 0.462. The van der Waals surface area contributed by atoms with Gasteiger partial charge in [-0.1, -0.05) is 0 Å². The highest BCUT2D eigenvalue weighted by molar-refractivity contribution is 14.1. The molecular weight excluding hydrogens is 366 g/mol. The molecular formula is C13H16FIO4. The van der Waals surface area contributed by atoms with Crippen LogP contribution in [0.15, 0.2) is 18.2 Å². The van der Waals surface area contributed by atoms with E-state index >= 15 is 0 Å². The van der Waals surface area contributed by atoms with Crippen molar-refractivity contribution >= 4 is 28.6 Å². The summed E-state index contributed by atoms with van der Waals surface area (Å²) in [6, 6.07) is 4.50. The van der Waals surface area contributed by atoms with E-state index in [-0.39, 0.29) is 24.6 Å². The van der Waals surface area contributed by atoms with Crippen molar-refractivity contribution in [1.82, 2.24) is 0 Å². The summed E-state index contributed by atoms with van der Waals surface area (Å²) in [5.41, 5.74) is 0.533. The van der Waals surface area contributed by atoms with Gasteiger partial charge in [0.2, 0.25) is 0 Å². The number of benzene rings is 1. The van der Waals surface area contributed by atoms with E-state index in [1.807, 2.05) is 22.6 Å². The fourth-order valence-electron chi connectivity index (χ4n) is 1.81. The third kappa shape index (κ3) is 4.12. The van der Waals surface area contributed by atoms with E-state index in [0.717, 1.165) is 3.57 Å². The number of carbonyl (C=O) groups excluding carboxylic acids is 1. The monoisotopic (exact) mass is 382 g/mol. The van der Waals surface area contributed by atoms with Crippen molar-refractivity contribution in [3.63, 3.8) is 0 Å². The van der Waals surface area contributed by atoms with Crippen LogP contribution in [0.2, 0.25) is 0 Å². The minimum atomic E-state index is -1.16. The molecule has 0 bridgehead atoms. The zero-order chi connectivity index (χ0) is 14.5. The Balaban J connectivity index is 3.06. The largest absolute Gasteiger partial charge is 0.469 e. The van der Waals surface area contributed by atoms with Crippen LogP contribution in [-0.2, 0) is 24.8 Å². The minimum Gasteiger partial charge on any atom is -0.469 e. The van der Waals surface area contributed by atoms with Crippen LogP contribution in [0.1, 0.15) is 18.4 Å². The van der Waals surface area contributed by atoms with E-state index in [0.29, 0.717) is 5.56 Å². The van der Waals surface area contributed by atoms with E-state index in [4.69, 9.17) is 9.47 Å². The molecule has 0 aliphatic heterocycles. The molecule has 0 unspecified atom stereocenters. The molecule has 106 valence electrons. The second-order valence-corrected chi connectivity index (χ2v) is 5.14. The molecule has 1 aromatic carbocycles. The summed E-state index contributed by atoms with van der Waals surface area (Å²) in [5.74, 6) is -1.90. The van der Waals surface area contributed by atoms with Crippen LogP contribution in [0, 0.1) is 9.39 Å². The van der Waals surface area contributed by atoms with Gasteiger partial charge in [0.15, 0.2) is 5.79 Å². The van der Waals surface area contributed by atoms with Crippen LogP contribution < -0.4 is 0 Å². The number of rotatable bonds is 6. The summed E-state index contributed by atoms with van der Waals surface area (Å²) >= 11 is 2.01. The highest BCUT2D eigenvalue weighted by Gasteiger charge is 2.33. The fourth-order valence-corrected chi connectivity index (χ4v) is 2.44. The lowest BCUT2D eigenvalue weighted by Gasteiger charge is -2.31. The SMILES string of the molecule is COC(=O)CCC(OC)(OC)c1cc(F)cc(I)c1. The molecule has 4 nitrogen and oxygen atoms in total. The summed E-state index contributed by atoms with van der Waals surface area (Å²) in [6.07, 6.45) is 0.359. The van der Waals surface area contributed by atoms with E-state index in [2.05, 4.69) is 4.74 Å². The third-order valence-electron chi connectivity index (χ3n) is 2.85. The van der Waals surface area contributed by atoms with Gasteiger partial charge >= 0.3 is 5.97 Å². The van der Waals surface area contributed by atoms with Crippen molar-refractivity contribution in [2.24, 2.45) is 0 Å². The van der Waals surface area contributed by atoms with Gasteiger partial charge in [-0.05, 0) is 40.8 Å². The molecule has 0 heterocycles. The maximum Gasteiger partial charge on any atom is 0.305 e. The molecule has 19 heavy (non-hydrogen) atoms. The van der Waals surface area contributed by atoms with Gasteiger partial charge in [-0.2, -0.15) is 0 Å². The number of esters is 1. The molecule has 0 saturated heterocycles. The first-order chi connectivity index (χ1) is 8.97. The van der Waals surface area contributed by atoms with Crippen LogP contribution in [0.5, 0.6) is 0 Å². The van der Waals surface area contributed by atoms with Crippen molar-refractivity contribution in [3.8, 4) is 0 Å². The molecule has 6 heteroatoms. The number of methoxy groups -OCH3 is 3. The highest BCUT2D eigenvalue weighted by atomic mass is 127. The summed E-state index contributed by atoms with van der Waals surface area (Å²) < 4.78 is 29.6. The van der Waals surface area contributed by atoms with Crippen molar-refractivity contribution in [2.45, 2.75) is 18.6 Å². The van der Waals surface area contributed by atoms with Gasteiger partial charge < -0.3 is 14.2 Å². The quantitative estimate of drug-likeness (QED) is 0.431.